The molecule has 1 N–H and O–H groups in total. The van der Waals surface area contributed by atoms with Gasteiger partial charge in [-0.1, -0.05) is 17.3 Å². The summed E-state index contributed by atoms with van der Waals surface area (Å²) >= 11 is 0. The minimum absolute atomic E-state index is 0.122. The molecular weight excluding hydrogens is 220 g/mol. The smallest absolute Gasteiger partial charge is 0.326 e. The number of rotatable bonds is 3. The Kier molecular flexibility index (Phi) is 4.39. The van der Waals surface area contributed by atoms with E-state index in [0.29, 0.717) is 11.4 Å². The largest absolute Gasteiger partial charge is 0.331 e. The van der Waals surface area contributed by atoms with Crippen LogP contribution in [0.4, 0.5) is 5.69 Å². The number of oxime groups is 1. The zero-order valence-corrected chi connectivity index (χ0v) is 9.98. The normalized spacial score (nSPS) is 10.9. The molecule has 0 aliphatic carbocycles. The lowest BCUT2D eigenvalue weighted by molar-refractivity contribution is -0.140. The van der Waals surface area contributed by atoms with Crippen molar-refractivity contribution in [3.8, 4) is 0 Å². The first-order valence-corrected chi connectivity index (χ1v) is 5.09. The van der Waals surface area contributed by atoms with Crippen LogP contribution >= 0.6 is 0 Å². The summed E-state index contributed by atoms with van der Waals surface area (Å²) in [5.41, 5.74) is 2.12. The Balaban J connectivity index is 2.76. The molecule has 1 aromatic carbocycles. The van der Waals surface area contributed by atoms with Gasteiger partial charge in [0.1, 0.15) is 0 Å². The molecule has 0 aliphatic heterocycles. The van der Waals surface area contributed by atoms with Gasteiger partial charge in [0.2, 0.25) is 5.91 Å². The number of carbonyl (C=O) groups is 2. The Morgan fingerprint density at radius 3 is 2.18 bits per heavy atom. The highest BCUT2D eigenvalue weighted by molar-refractivity contribution is 5.99. The Labute approximate surface area is 99.5 Å². The molecule has 0 bridgehead atoms. The van der Waals surface area contributed by atoms with Gasteiger partial charge in [-0.3, -0.25) is 4.79 Å². The lowest BCUT2D eigenvalue weighted by atomic mass is 10.1. The third-order valence-electron chi connectivity index (χ3n) is 1.93. The van der Waals surface area contributed by atoms with Gasteiger partial charge in [0.25, 0.3) is 0 Å². The van der Waals surface area contributed by atoms with Crippen LogP contribution in [0.15, 0.2) is 29.4 Å². The average molecular weight is 234 g/mol. The molecule has 0 aliphatic rings. The van der Waals surface area contributed by atoms with E-state index >= 15 is 0 Å². The summed E-state index contributed by atoms with van der Waals surface area (Å²) < 4.78 is 0. The number of hydrogen-bond acceptors (Lipinski definition) is 4. The number of amides is 1. The summed E-state index contributed by atoms with van der Waals surface area (Å²) in [6.07, 6.45) is 0. The van der Waals surface area contributed by atoms with Crippen LogP contribution in [-0.4, -0.2) is 17.6 Å². The maximum Gasteiger partial charge on any atom is 0.331 e. The quantitative estimate of drug-likeness (QED) is 0.493. The molecule has 1 amide bonds. The predicted octanol–water partition coefficient (Wildman–Crippen LogP) is 1.93. The number of carbonyl (C=O) groups excluding carboxylic acids is 2. The molecule has 5 nitrogen and oxygen atoms in total. The van der Waals surface area contributed by atoms with Gasteiger partial charge in [0.15, 0.2) is 0 Å². The van der Waals surface area contributed by atoms with E-state index in [-0.39, 0.29) is 5.91 Å². The Hall–Kier alpha value is -2.17. The lowest BCUT2D eigenvalue weighted by Gasteiger charge is -2.03. The van der Waals surface area contributed by atoms with Crippen LogP contribution < -0.4 is 5.32 Å². The predicted molar refractivity (Wildman–Crippen MR) is 64.7 cm³/mol. The van der Waals surface area contributed by atoms with E-state index in [1.807, 2.05) is 0 Å². The van der Waals surface area contributed by atoms with Gasteiger partial charge in [-0.25, -0.2) is 4.79 Å². The summed E-state index contributed by atoms with van der Waals surface area (Å²) in [7, 11) is 0. The second-order valence-electron chi connectivity index (χ2n) is 3.52. The first-order chi connectivity index (χ1) is 7.99. The molecular formula is C12H14N2O3. The van der Waals surface area contributed by atoms with E-state index in [4.69, 9.17) is 0 Å². The van der Waals surface area contributed by atoms with E-state index in [2.05, 4.69) is 15.3 Å². The molecule has 0 atom stereocenters. The molecule has 0 saturated heterocycles. The van der Waals surface area contributed by atoms with Crippen molar-refractivity contribution in [1.82, 2.24) is 0 Å². The van der Waals surface area contributed by atoms with E-state index in [0.717, 1.165) is 5.56 Å². The summed E-state index contributed by atoms with van der Waals surface area (Å²) in [5.74, 6) is -0.581. The topological polar surface area (TPSA) is 67.8 Å². The third-order valence-corrected chi connectivity index (χ3v) is 1.93. The zero-order valence-electron chi connectivity index (χ0n) is 9.98. The maximum absolute atomic E-state index is 10.8. The summed E-state index contributed by atoms with van der Waals surface area (Å²) in [6.45, 7) is 4.47. The van der Waals surface area contributed by atoms with Crippen LogP contribution in [-0.2, 0) is 14.4 Å². The molecule has 1 rings (SSSR count). The summed E-state index contributed by atoms with van der Waals surface area (Å²) in [5, 5.41) is 6.32. The van der Waals surface area contributed by atoms with Crippen LogP contribution in [0.3, 0.4) is 0 Å². The van der Waals surface area contributed by atoms with E-state index in [1.54, 1.807) is 31.2 Å². The van der Waals surface area contributed by atoms with Crippen molar-refractivity contribution in [3.63, 3.8) is 0 Å². The molecule has 0 spiro atoms. The van der Waals surface area contributed by atoms with Crippen molar-refractivity contribution in [2.45, 2.75) is 20.8 Å². The maximum atomic E-state index is 10.8. The Bertz CT molecular complexity index is 449. The Morgan fingerprint density at radius 1 is 1.12 bits per heavy atom. The average Bonchev–Trinajstić information content (AvgIpc) is 2.26. The van der Waals surface area contributed by atoms with Crippen molar-refractivity contribution in [1.29, 1.82) is 0 Å². The van der Waals surface area contributed by atoms with Crippen LogP contribution in [0, 0.1) is 0 Å². The SMILES string of the molecule is CC(=O)Nc1ccc(C(C)=NOC(C)=O)cc1. The molecule has 0 aromatic heterocycles. The molecule has 0 unspecified atom stereocenters. The molecule has 0 saturated carbocycles. The van der Waals surface area contributed by atoms with Gasteiger partial charge >= 0.3 is 5.97 Å². The van der Waals surface area contributed by atoms with Crippen molar-refractivity contribution < 1.29 is 14.4 Å². The second-order valence-corrected chi connectivity index (χ2v) is 3.52. The van der Waals surface area contributed by atoms with Gasteiger partial charge < -0.3 is 10.2 Å². The van der Waals surface area contributed by atoms with Gasteiger partial charge in [0, 0.05) is 19.5 Å². The lowest BCUT2D eigenvalue weighted by Crippen LogP contribution is -2.06. The fourth-order valence-electron chi connectivity index (χ4n) is 1.18. The number of hydrogen-bond donors (Lipinski definition) is 1. The molecule has 0 heterocycles. The number of nitrogens with zero attached hydrogens (tertiary/aromatic N) is 1. The van der Waals surface area contributed by atoms with E-state index in [9.17, 15) is 9.59 Å². The van der Waals surface area contributed by atoms with Crippen LogP contribution in [0.1, 0.15) is 26.3 Å². The van der Waals surface area contributed by atoms with Gasteiger partial charge in [-0.05, 0) is 24.6 Å². The Morgan fingerprint density at radius 2 is 1.71 bits per heavy atom. The van der Waals surface area contributed by atoms with Crippen molar-refractivity contribution in [2.75, 3.05) is 5.32 Å². The highest BCUT2D eigenvalue weighted by atomic mass is 16.7. The highest BCUT2D eigenvalue weighted by Crippen LogP contribution is 2.10. The van der Waals surface area contributed by atoms with Crippen LogP contribution in [0.5, 0.6) is 0 Å². The van der Waals surface area contributed by atoms with Gasteiger partial charge in [-0.15, -0.1) is 0 Å². The van der Waals surface area contributed by atoms with Gasteiger partial charge in [0.05, 0.1) is 5.71 Å². The number of benzene rings is 1. The molecule has 0 radical (unpaired) electrons. The first kappa shape index (κ1) is 12.9. The molecule has 1 aromatic rings. The fraction of sp³-hybridized carbons (Fsp3) is 0.250. The zero-order chi connectivity index (χ0) is 12.8. The fourth-order valence-corrected chi connectivity index (χ4v) is 1.18. The molecule has 5 heteroatoms. The first-order valence-electron chi connectivity index (χ1n) is 5.09. The van der Waals surface area contributed by atoms with E-state index in [1.165, 1.54) is 13.8 Å². The number of anilines is 1. The minimum atomic E-state index is -0.459. The molecule has 17 heavy (non-hydrogen) atoms. The van der Waals surface area contributed by atoms with Crippen molar-refractivity contribution >= 4 is 23.3 Å². The van der Waals surface area contributed by atoms with Crippen LogP contribution in [0.25, 0.3) is 0 Å². The van der Waals surface area contributed by atoms with Crippen molar-refractivity contribution in [2.24, 2.45) is 5.16 Å². The standard InChI is InChI=1S/C12H14N2O3/c1-8(14-17-10(3)16)11-4-6-12(7-5-11)13-9(2)15/h4-7H,1-3H3,(H,13,15). The highest BCUT2D eigenvalue weighted by Gasteiger charge is 2.00. The van der Waals surface area contributed by atoms with Crippen LogP contribution in [0.2, 0.25) is 0 Å². The minimum Gasteiger partial charge on any atom is -0.326 e. The number of nitrogens with one attached hydrogen (secondary N) is 1. The summed E-state index contributed by atoms with van der Waals surface area (Å²) in [6, 6.07) is 7.08. The van der Waals surface area contributed by atoms with E-state index < -0.39 is 5.97 Å². The second kappa shape index (κ2) is 5.79. The molecule has 90 valence electrons. The van der Waals surface area contributed by atoms with Crippen molar-refractivity contribution in [3.05, 3.63) is 29.8 Å². The summed E-state index contributed by atoms with van der Waals surface area (Å²) in [4.78, 5) is 25.9. The monoisotopic (exact) mass is 234 g/mol. The molecule has 0 fully saturated rings. The third kappa shape index (κ3) is 4.46. The van der Waals surface area contributed by atoms with Gasteiger partial charge in [-0.2, -0.15) is 0 Å².